The summed E-state index contributed by atoms with van der Waals surface area (Å²) in [6, 6.07) is 8.11. The maximum absolute atomic E-state index is 11.5. The van der Waals surface area contributed by atoms with Crippen LogP contribution < -0.4 is 5.32 Å². The van der Waals surface area contributed by atoms with E-state index in [-0.39, 0.29) is 5.91 Å². The van der Waals surface area contributed by atoms with Gasteiger partial charge in [-0.15, -0.1) is 6.58 Å². The van der Waals surface area contributed by atoms with E-state index in [1.807, 2.05) is 12.1 Å². The van der Waals surface area contributed by atoms with E-state index in [1.165, 1.54) is 5.56 Å². The first kappa shape index (κ1) is 15.9. The number of carbonyl (C=O) groups is 1. The van der Waals surface area contributed by atoms with Gasteiger partial charge in [0.1, 0.15) is 0 Å². The van der Waals surface area contributed by atoms with Crippen LogP contribution in [0.25, 0.3) is 11.4 Å². The lowest BCUT2D eigenvalue weighted by Gasteiger charge is -2.04. The zero-order valence-electron chi connectivity index (χ0n) is 13.0. The lowest BCUT2D eigenvalue weighted by molar-refractivity contribution is -0.120. The Balaban J connectivity index is 1.96. The highest BCUT2D eigenvalue weighted by Crippen LogP contribution is 2.20. The highest BCUT2D eigenvalue weighted by atomic mass is 16.5. The Kier molecular flexibility index (Phi) is 5.47. The second-order valence-electron chi connectivity index (χ2n) is 5.38. The van der Waals surface area contributed by atoms with Gasteiger partial charge < -0.3 is 9.84 Å². The van der Waals surface area contributed by atoms with E-state index in [9.17, 15) is 4.79 Å². The number of amides is 1. The van der Waals surface area contributed by atoms with Crippen molar-refractivity contribution in [3.8, 4) is 11.4 Å². The topological polar surface area (TPSA) is 68.0 Å². The smallest absolute Gasteiger partial charge is 0.227 e. The van der Waals surface area contributed by atoms with E-state index in [4.69, 9.17) is 4.52 Å². The molecule has 5 nitrogen and oxygen atoms in total. The highest BCUT2D eigenvalue weighted by Gasteiger charge is 2.10. The van der Waals surface area contributed by atoms with Crippen molar-refractivity contribution in [1.82, 2.24) is 15.5 Å². The maximum atomic E-state index is 11.5. The average Bonchev–Trinajstić information content (AvgIpc) is 3.00. The first-order valence-corrected chi connectivity index (χ1v) is 7.40. The van der Waals surface area contributed by atoms with Gasteiger partial charge in [-0.2, -0.15) is 4.98 Å². The fourth-order valence-electron chi connectivity index (χ4n) is 1.99. The minimum atomic E-state index is -0.0547. The molecule has 0 spiro atoms. The quantitative estimate of drug-likeness (QED) is 0.798. The number of benzene rings is 1. The lowest BCUT2D eigenvalue weighted by atomic mass is 10.0. The molecule has 1 aromatic heterocycles. The molecular formula is C17H21N3O2. The molecule has 0 atom stereocenters. The summed E-state index contributed by atoms with van der Waals surface area (Å²) >= 11 is 0. The van der Waals surface area contributed by atoms with Crippen LogP contribution in [0.2, 0.25) is 0 Å². The van der Waals surface area contributed by atoms with Gasteiger partial charge in [-0.1, -0.05) is 49.3 Å². The third-order valence-corrected chi connectivity index (χ3v) is 3.31. The number of aryl methyl sites for hydroxylation is 1. The van der Waals surface area contributed by atoms with E-state index >= 15 is 0 Å². The van der Waals surface area contributed by atoms with Gasteiger partial charge in [0.25, 0.3) is 0 Å². The molecule has 0 bridgehead atoms. The van der Waals surface area contributed by atoms with Crippen LogP contribution in [0.4, 0.5) is 0 Å². The normalized spacial score (nSPS) is 10.7. The van der Waals surface area contributed by atoms with Crippen LogP contribution in [0, 0.1) is 0 Å². The van der Waals surface area contributed by atoms with Gasteiger partial charge in [0.2, 0.25) is 17.6 Å². The van der Waals surface area contributed by atoms with Crippen LogP contribution in [0.5, 0.6) is 0 Å². The second-order valence-corrected chi connectivity index (χ2v) is 5.38. The fraction of sp³-hybridized carbons (Fsp3) is 0.353. The molecule has 0 aliphatic rings. The molecule has 0 radical (unpaired) electrons. The van der Waals surface area contributed by atoms with Gasteiger partial charge in [0.05, 0.1) is 0 Å². The molecule has 0 aliphatic carbocycles. The molecular weight excluding hydrogens is 278 g/mol. The molecule has 1 N–H and O–H groups in total. The molecule has 22 heavy (non-hydrogen) atoms. The molecule has 116 valence electrons. The summed E-state index contributed by atoms with van der Waals surface area (Å²) in [6.45, 7) is 8.32. The Morgan fingerprint density at radius 3 is 2.73 bits per heavy atom. The molecule has 0 fully saturated rings. The number of nitrogens with one attached hydrogen (secondary N) is 1. The maximum Gasteiger partial charge on any atom is 0.227 e. The second kappa shape index (κ2) is 7.54. The largest absolute Gasteiger partial charge is 0.353 e. The predicted molar refractivity (Wildman–Crippen MR) is 85.4 cm³/mol. The molecule has 1 amide bonds. The van der Waals surface area contributed by atoms with E-state index in [0.29, 0.717) is 37.0 Å². The number of rotatable bonds is 7. The van der Waals surface area contributed by atoms with Crippen molar-refractivity contribution < 1.29 is 9.32 Å². The lowest BCUT2D eigenvalue weighted by Crippen LogP contribution is -2.23. The number of hydrogen-bond donors (Lipinski definition) is 1. The van der Waals surface area contributed by atoms with Gasteiger partial charge in [-0.3, -0.25) is 4.79 Å². The van der Waals surface area contributed by atoms with Crippen molar-refractivity contribution in [2.45, 2.75) is 32.6 Å². The monoisotopic (exact) mass is 299 g/mol. The molecule has 5 heteroatoms. The van der Waals surface area contributed by atoms with E-state index in [1.54, 1.807) is 6.08 Å². The van der Waals surface area contributed by atoms with Crippen molar-refractivity contribution in [2.75, 3.05) is 6.54 Å². The van der Waals surface area contributed by atoms with Gasteiger partial charge in [-0.05, 0) is 11.5 Å². The summed E-state index contributed by atoms with van der Waals surface area (Å²) in [5, 5.41) is 6.68. The number of hydrogen-bond acceptors (Lipinski definition) is 4. The van der Waals surface area contributed by atoms with Crippen LogP contribution >= 0.6 is 0 Å². The van der Waals surface area contributed by atoms with Gasteiger partial charge in [-0.25, -0.2) is 0 Å². The number of nitrogens with zero attached hydrogens (tertiary/aromatic N) is 2. The van der Waals surface area contributed by atoms with Gasteiger partial charge >= 0.3 is 0 Å². The summed E-state index contributed by atoms with van der Waals surface area (Å²) < 4.78 is 5.19. The molecule has 0 saturated carbocycles. The zero-order valence-corrected chi connectivity index (χ0v) is 13.0. The first-order chi connectivity index (χ1) is 10.6. The minimum absolute atomic E-state index is 0.0547. The standard InChI is InChI=1S/C17H21N3O2/c1-4-11-18-15(21)9-10-16-19-17(20-22-16)14-7-5-13(6-8-14)12(2)3/h4-8,12H,1,9-11H2,2-3H3,(H,18,21). The molecule has 0 unspecified atom stereocenters. The van der Waals surface area contributed by atoms with Gasteiger partial charge in [0.15, 0.2) is 0 Å². The summed E-state index contributed by atoms with van der Waals surface area (Å²) in [5.74, 6) is 1.46. The SMILES string of the molecule is C=CCNC(=O)CCc1nc(-c2ccc(C(C)C)cc2)no1. The molecule has 2 rings (SSSR count). The molecule has 0 saturated heterocycles. The van der Waals surface area contributed by atoms with Crippen molar-refractivity contribution in [2.24, 2.45) is 0 Å². The summed E-state index contributed by atoms with van der Waals surface area (Å²) in [7, 11) is 0. The summed E-state index contributed by atoms with van der Waals surface area (Å²) in [5.41, 5.74) is 2.18. The van der Waals surface area contributed by atoms with Crippen LogP contribution in [0.1, 0.15) is 37.6 Å². The summed E-state index contributed by atoms with van der Waals surface area (Å²) in [6.07, 6.45) is 2.39. The average molecular weight is 299 g/mol. The predicted octanol–water partition coefficient (Wildman–Crippen LogP) is 3.09. The van der Waals surface area contributed by atoms with Crippen LogP contribution in [0.3, 0.4) is 0 Å². The van der Waals surface area contributed by atoms with E-state index in [0.717, 1.165) is 5.56 Å². The Hall–Kier alpha value is -2.43. The van der Waals surface area contributed by atoms with E-state index < -0.39 is 0 Å². The highest BCUT2D eigenvalue weighted by molar-refractivity contribution is 5.76. The molecule has 0 aliphatic heterocycles. The van der Waals surface area contributed by atoms with Crippen LogP contribution in [0.15, 0.2) is 41.4 Å². The molecule has 1 heterocycles. The number of carbonyl (C=O) groups excluding carboxylic acids is 1. The van der Waals surface area contributed by atoms with Crippen molar-refractivity contribution in [1.29, 1.82) is 0 Å². The zero-order chi connectivity index (χ0) is 15.9. The minimum Gasteiger partial charge on any atom is -0.353 e. The van der Waals surface area contributed by atoms with Crippen LogP contribution in [-0.4, -0.2) is 22.6 Å². The fourth-order valence-corrected chi connectivity index (χ4v) is 1.99. The summed E-state index contributed by atoms with van der Waals surface area (Å²) in [4.78, 5) is 15.8. The van der Waals surface area contributed by atoms with Crippen molar-refractivity contribution >= 4 is 5.91 Å². The molecule has 1 aromatic carbocycles. The third-order valence-electron chi connectivity index (χ3n) is 3.31. The van der Waals surface area contributed by atoms with Crippen LogP contribution in [-0.2, 0) is 11.2 Å². The Morgan fingerprint density at radius 2 is 2.09 bits per heavy atom. The Bertz CT molecular complexity index is 630. The number of aromatic nitrogens is 2. The third kappa shape index (κ3) is 4.28. The van der Waals surface area contributed by atoms with Crippen molar-refractivity contribution in [3.05, 3.63) is 48.4 Å². The van der Waals surface area contributed by atoms with Gasteiger partial charge in [0, 0.05) is 24.9 Å². The van der Waals surface area contributed by atoms with Crippen molar-refractivity contribution in [3.63, 3.8) is 0 Å². The first-order valence-electron chi connectivity index (χ1n) is 7.40. The Morgan fingerprint density at radius 1 is 1.36 bits per heavy atom. The Labute approximate surface area is 130 Å². The van der Waals surface area contributed by atoms with E-state index in [2.05, 4.69) is 48.0 Å². The molecule has 2 aromatic rings.